The minimum absolute atomic E-state index is 0.198. The molecule has 3 rings (SSSR count). The molecule has 0 radical (unpaired) electrons. The van der Waals surface area contributed by atoms with Crippen molar-refractivity contribution in [2.75, 3.05) is 10.6 Å². The molecular formula is C23H23FN2O. The average molecular weight is 362 g/mol. The highest BCUT2D eigenvalue weighted by Crippen LogP contribution is 2.24. The van der Waals surface area contributed by atoms with Gasteiger partial charge in [0.25, 0.3) is 5.91 Å². The van der Waals surface area contributed by atoms with Crippen molar-refractivity contribution in [3.05, 3.63) is 94.8 Å². The monoisotopic (exact) mass is 362 g/mol. The summed E-state index contributed by atoms with van der Waals surface area (Å²) in [6, 6.07) is 19.6. The molecule has 138 valence electrons. The number of halogens is 1. The molecule has 0 unspecified atom stereocenters. The molecule has 1 atom stereocenters. The van der Waals surface area contributed by atoms with E-state index in [1.165, 1.54) is 6.07 Å². The van der Waals surface area contributed by atoms with Crippen molar-refractivity contribution in [3.63, 3.8) is 0 Å². The van der Waals surface area contributed by atoms with E-state index >= 15 is 0 Å². The molecule has 0 aliphatic carbocycles. The number of benzene rings is 3. The molecule has 0 aliphatic rings. The highest BCUT2D eigenvalue weighted by molar-refractivity contribution is 5.98. The second-order valence-corrected chi connectivity index (χ2v) is 6.76. The summed E-state index contributed by atoms with van der Waals surface area (Å²) in [6.45, 7) is 5.65. The van der Waals surface area contributed by atoms with Crippen LogP contribution in [-0.4, -0.2) is 5.91 Å². The van der Waals surface area contributed by atoms with E-state index in [1.54, 1.807) is 19.1 Å². The summed E-state index contributed by atoms with van der Waals surface area (Å²) in [4.78, 5) is 13.1. The van der Waals surface area contributed by atoms with E-state index in [-0.39, 0.29) is 11.7 Å². The summed E-state index contributed by atoms with van der Waals surface area (Å²) in [6.07, 6.45) is 0. The SMILES string of the molecule is Cc1ccc(C)c(NC(=O)[C@@H](Nc2ccc(C)c(F)c2)c2ccccc2)c1. The molecule has 0 saturated carbocycles. The Labute approximate surface area is 159 Å². The number of rotatable bonds is 5. The third kappa shape index (κ3) is 4.53. The molecule has 3 aromatic carbocycles. The van der Waals surface area contributed by atoms with Gasteiger partial charge >= 0.3 is 0 Å². The quantitative estimate of drug-likeness (QED) is 0.625. The largest absolute Gasteiger partial charge is 0.370 e. The van der Waals surface area contributed by atoms with Crippen molar-refractivity contribution in [2.45, 2.75) is 26.8 Å². The summed E-state index contributed by atoms with van der Waals surface area (Å²) >= 11 is 0. The van der Waals surface area contributed by atoms with Gasteiger partial charge in [-0.2, -0.15) is 0 Å². The topological polar surface area (TPSA) is 41.1 Å². The van der Waals surface area contributed by atoms with Crippen molar-refractivity contribution in [2.24, 2.45) is 0 Å². The lowest BCUT2D eigenvalue weighted by molar-refractivity contribution is -0.117. The zero-order chi connectivity index (χ0) is 19.4. The maximum Gasteiger partial charge on any atom is 0.251 e. The fourth-order valence-corrected chi connectivity index (χ4v) is 2.87. The summed E-state index contributed by atoms with van der Waals surface area (Å²) in [7, 11) is 0. The van der Waals surface area contributed by atoms with Crippen LogP contribution in [0.1, 0.15) is 28.3 Å². The lowest BCUT2D eigenvalue weighted by Crippen LogP contribution is -2.27. The minimum atomic E-state index is -0.645. The summed E-state index contributed by atoms with van der Waals surface area (Å²) in [5.74, 6) is -0.502. The zero-order valence-electron chi connectivity index (χ0n) is 15.7. The van der Waals surface area contributed by atoms with Crippen LogP contribution in [0, 0.1) is 26.6 Å². The highest BCUT2D eigenvalue weighted by Gasteiger charge is 2.21. The highest BCUT2D eigenvalue weighted by atomic mass is 19.1. The predicted molar refractivity (Wildman–Crippen MR) is 108 cm³/mol. The van der Waals surface area contributed by atoms with Gasteiger partial charge in [0, 0.05) is 11.4 Å². The van der Waals surface area contributed by atoms with Gasteiger partial charge in [-0.25, -0.2) is 4.39 Å². The van der Waals surface area contributed by atoms with E-state index < -0.39 is 6.04 Å². The summed E-state index contributed by atoms with van der Waals surface area (Å²) in [5, 5.41) is 6.17. The van der Waals surface area contributed by atoms with E-state index in [9.17, 15) is 9.18 Å². The number of anilines is 2. The van der Waals surface area contributed by atoms with Crippen LogP contribution in [0.25, 0.3) is 0 Å². The van der Waals surface area contributed by atoms with Gasteiger partial charge in [-0.05, 0) is 61.2 Å². The van der Waals surface area contributed by atoms with Gasteiger partial charge in [-0.3, -0.25) is 4.79 Å². The molecule has 0 bridgehead atoms. The van der Waals surface area contributed by atoms with E-state index in [2.05, 4.69) is 10.6 Å². The van der Waals surface area contributed by atoms with Crippen molar-refractivity contribution in [1.29, 1.82) is 0 Å². The van der Waals surface area contributed by atoms with Crippen LogP contribution >= 0.6 is 0 Å². The number of carbonyl (C=O) groups excluding carboxylic acids is 1. The Balaban J connectivity index is 1.90. The molecule has 0 saturated heterocycles. The molecular weight excluding hydrogens is 339 g/mol. The Hall–Kier alpha value is -3.14. The van der Waals surface area contributed by atoms with Crippen LogP contribution in [0.3, 0.4) is 0 Å². The zero-order valence-corrected chi connectivity index (χ0v) is 15.7. The van der Waals surface area contributed by atoms with Crippen molar-refractivity contribution < 1.29 is 9.18 Å². The Bertz CT molecular complexity index is 954. The van der Waals surface area contributed by atoms with Gasteiger partial charge in [0.1, 0.15) is 11.9 Å². The average Bonchev–Trinajstić information content (AvgIpc) is 2.66. The molecule has 0 spiro atoms. The standard InChI is InChI=1S/C23H23FN2O/c1-15-9-10-17(3)21(13-15)26-23(27)22(18-7-5-4-6-8-18)25-19-12-11-16(2)20(24)14-19/h4-14,22,25H,1-3H3,(H,26,27)/t22-/m0/s1. The first-order chi connectivity index (χ1) is 12.9. The maximum atomic E-state index is 13.9. The van der Waals surface area contributed by atoms with Gasteiger partial charge in [0.05, 0.1) is 0 Å². The van der Waals surface area contributed by atoms with E-state index in [0.717, 1.165) is 22.4 Å². The molecule has 2 N–H and O–H groups in total. The Morgan fingerprint density at radius 3 is 2.30 bits per heavy atom. The first kappa shape index (κ1) is 18.6. The van der Waals surface area contributed by atoms with Crippen LogP contribution in [0.15, 0.2) is 66.7 Å². The molecule has 27 heavy (non-hydrogen) atoms. The minimum Gasteiger partial charge on any atom is -0.370 e. The van der Waals surface area contributed by atoms with E-state index in [4.69, 9.17) is 0 Å². The number of hydrogen-bond acceptors (Lipinski definition) is 2. The van der Waals surface area contributed by atoms with Crippen LogP contribution in [0.2, 0.25) is 0 Å². The number of hydrogen-bond donors (Lipinski definition) is 2. The third-order valence-corrected chi connectivity index (χ3v) is 4.53. The number of nitrogens with one attached hydrogen (secondary N) is 2. The van der Waals surface area contributed by atoms with Crippen LogP contribution in [0.4, 0.5) is 15.8 Å². The summed E-state index contributed by atoms with van der Waals surface area (Å²) < 4.78 is 13.9. The molecule has 3 nitrogen and oxygen atoms in total. The van der Waals surface area contributed by atoms with Crippen LogP contribution < -0.4 is 10.6 Å². The molecule has 0 fully saturated rings. The third-order valence-electron chi connectivity index (χ3n) is 4.53. The molecule has 0 aromatic heterocycles. The van der Waals surface area contributed by atoms with Crippen molar-refractivity contribution in [1.82, 2.24) is 0 Å². The normalized spacial score (nSPS) is 11.7. The molecule has 0 heterocycles. The van der Waals surface area contributed by atoms with Gasteiger partial charge in [0.15, 0.2) is 0 Å². The van der Waals surface area contributed by atoms with Gasteiger partial charge in [0.2, 0.25) is 0 Å². The number of aryl methyl sites for hydroxylation is 3. The first-order valence-electron chi connectivity index (χ1n) is 8.90. The predicted octanol–water partition coefficient (Wildman–Crippen LogP) is 5.54. The van der Waals surface area contributed by atoms with Crippen LogP contribution in [0.5, 0.6) is 0 Å². The number of carbonyl (C=O) groups is 1. The smallest absolute Gasteiger partial charge is 0.251 e. The van der Waals surface area contributed by atoms with Gasteiger partial charge in [-0.15, -0.1) is 0 Å². The van der Waals surface area contributed by atoms with E-state index in [1.807, 2.05) is 62.4 Å². The number of amides is 1. The summed E-state index contributed by atoms with van der Waals surface area (Å²) in [5.41, 5.74) is 4.77. The van der Waals surface area contributed by atoms with Gasteiger partial charge < -0.3 is 10.6 Å². The lowest BCUT2D eigenvalue weighted by atomic mass is 10.0. The molecule has 3 aromatic rings. The lowest BCUT2D eigenvalue weighted by Gasteiger charge is -2.21. The molecule has 0 aliphatic heterocycles. The maximum absolute atomic E-state index is 13.9. The van der Waals surface area contributed by atoms with Crippen molar-refractivity contribution >= 4 is 17.3 Å². The molecule has 4 heteroatoms. The fraction of sp³-hybridized carbons (Fsp3) is 0.174. The Morgan fingerprint density at radius 1 is 0.889 bits per heavy atom. The molecule has 1 amide bonds. The van der Waals surface area contributed by atoms with Crippen molar-refractivity contribution in [3.8, 4) is 0 Å². The fourth-order valence-electron chi connectivity index (χ4n) is 2.87. The second-order valence-electron chi connectivity index (χ2n) is 6.76. The second kappa shape index (κ2) is 8.04. The van der Waals surface area contributed by atoms with Gasteiger partial charge in [-0.1, -0.05) is 48.5 Å². The Kier molecular flexibility index (Phi) is 5.55. The van der Waals surface area contributed by atoms with Crippen LogP contribution in [-0.2, 0) is 4.79 Å². The van der Waals surface area contributed by atoms with E-state index in [0.29, 0.717) is 11.3 Å². The Morgan fingerprint density at radius 2 is 1.59 bits per heavy atom. The first-order valence-corrected chi connectivity index (χ1v) is 8.90.